The Labute approximate surface area is 101 Å². The van der Waals surface area contributed by atoms with Gasteiger partial charge in [0.1, 0.15) is 0 Å². The predicted octanol–water partition coefficient (Wildman–Crippen LogP) is 3.05. The van der Waals surface area contributed by atoms with Gasteiger partial charge < -0.3 is 10.0 Å². The predicted molar refractivity (Wildman–Crippen MR) is 55.0 cm³/mol. The van der Waals surface area contributed by atoms with Gasteiger partial charge in [-0.05, 0) is 24.7 Å². The summed E-state index contributed by atoms with van der Waals surface area (Å²) in [7, 11) is 1.41. The summed E-state index contributed by atoms with van der Waals surface area (Å²) in [6.07, 6.45) is -5.26. The molecule has 0 aliphatic rings. The Morgan fingerprint density at radius 2 is 1.67 bits per heavy atom. The Kier molecular flexibility index (Phi) is 4.50. The quantitative estimate of drug-likeness (QED) is 0.849. The highest BCUT2D eigenvalue weighted by molar-refractivity contribution is 5.29. The first-order chi connectivity index (χ1) is 8.19. The summed E-state index contributed by atoms with van der Waals surface area (Å²) in [6, 6.07) is 1.78. The van der Waals surface area contributed by atoms with Crippen molar-refractivity contribution in [2.45, 2.75) is 19.1 Å². The Morgan fingerprint density at radius 3 is 2.11 bits per heavy atom. The summed E-state index contributed by atoms with van der Waals surface area (Å²) in [5.74, 6) is -3.35. The molecule has 7 heteroatoms. The molecule has 0 saturated heterocycles. The van der Waals surface area contributed by atoms with E-state index >= 15 is 0 Å². The number of halogens is 5. The van der Waals surface area contributed by atoms with Gasteiger partial charge in [-0.3, -0.25) is 0 Å². The number of nitrogens with zero attached hydrogens (tertiary/aromatic N) is 1. The molecule has 0 saturated carbocycles. The van der Waals surface area contributed by atoms with Gasteiger partial charge in [0.2, 0.25) is 0 Å². The van der Waals surface area contributed by atoms with E-state index in [-0.39, 0.29) is 18.7 Å². The minimum atomic E-state index is -4.26. The van der Waals surface area contributed by atoms with Crippen molar-refractivity contribution in [1.29, 1.82) is 0 Å². The zero-order chi connectivity index (χ0) is 13.9. The second-order valence-electron chi connectivity index (χ2n) is 4.01. The average molecular weight is 269 g/mol. The van der Waals surface area contributed by atoms with Crippen molar-refractivity contribution in [3.63, 3.8) is 0 Å². The van der Waals surface area contributed by atoms with E-state index in [9.17, 15) is 22.0 Å². The van der Waals surface area contributed by atoms with Crippen molar-refractivity contribution < 1.29 is 27.1 Å². The maximum Gasteiger partial charge on any atom is 0.390 e. The number of hydrogen-bond acceptors (Lipinski definition) is 2. The summed E-state index contributed by atoms with van der Waals surface area (Å²) in [5, 5.41) is 8.86. The number of benzene rings is 1. The van der Waals surface area contributed by atoms with Crippen molar-refractivity contribution in [1.82, 2.24) is 4.90 Å². The molecular weight excluding hydrogens is 257 g/mol. The molecule has 0 aliphatic heterocycles. The summed E-state index contributed by atoms with van der Waals surface area (Å²) >= 11 is 0. The molecule has 0 atom stereocenters. The van der Waals surface area contributed by atoms with Crippen LogP contribution in [0.15, 0.2) is 12.1 Å². The van der Waals surface area contributed by atoms with Gasteiger partial charge in [0.05, 0.1) is 6.42 Å². The van der Waals surface area contributed by atoms with Crippen LogP contribution in [0.2, 0.25) is 0 Å². The molecule has 0 amide bonds. The Bertz CT molecular complexity index is 395. The van der Waals surface area contributed by atoms with Crippen LogP contribution in [0, 0.1) is 11.6 Å². The van der Waals surface area contributed by atoms with E-state index in [1.807, 2.05) is 0 Å². The first-order valence-corrected chi connectivity index (χ1v) is 5.11. The second kappa shape index (κ2) is 5.51. The third kappa shape index (κ3) is 4.48. The molecule has 0 fully saturated rings. The van der Waals surface area contributed by atoms with Crippen molar-refractivity contribution in [3.05, 3.63) is 29.3 Å². The lowest BCUT2D eigenvalue weighted by Gasteiger charge is -2.17. The maximum absolute atomic E-state index is 13.0. The molecule has 0 bridgehead atoms. The third-order valence-corrected chi connectivity index (χ3v) is 2.31. The summed E-state index contributed by atoms with van der Waals surface area (Å²) in [6.45, 7) is -0.308. The molecule has 0 heterocycles. The van der Waals surface area contributed by atoms with Crippen LogP contribution in [0.25, 0.3) is 0 Å². The largest absolute Gasteiger partial charge is 0.503 e. The molecule has 1 aromatic rings. The third-order valence-electron chi connectivity index (χ3n) is 2.31. The smallest absolute Gasteiger partial charge is 0.390 e. The molecule has 1 rings (SSSR count). The summed E-state index contributed by atoms with van der Waals surface area (Å²) < 4.78 is 61.8. The molecule has 1 aromatic carbocycles. The van der Waals surface area contributed by atoms with Gasteiger partial charge in [0, 0.05) is 13.1 Å². The average Bonchev–Trinajstić information content (AvgIpc) is 2.22. The van der Waals surface area contributed by atoms with Gasteiger partial charge in [-0.25, -0.2) is 8.78 Å². The highest BCUT2D eigenvalue weighted by Gasteiger charge is 2.27. The van der Waals surface area contributed by atoms with E-state index in [2.05, 4.69) is 0 Å². The first kappa shape index (κ1) is 14.7. The van der Waals surface area contributed by atoms with Crippen molar-refractivity contribution in [3.8, 4) is 5.75 Å². The Morgan fingerprint density at radius 1 is 1.17 bits per heavy atom. The molecule has 0 aliphatic carbocycles. The van der Waals surface area contributed by atoms with Gasteiger partial charge in [0.15, 0.2) is 17.4 Å². The zero-order valence-corrected chi connectivity index (χ0v) is 9.56. The fraction of sp³-hybridized carbons (Fsp3) is 0.455. The van der Waals surface area contributed by atoms with Crippen LogP contribution in [0.5, 0.6) is 5.75 Å². The minimum absolute atomic E-state index is 0.0375. The van der Waals surface area contributed by atoms with Gasteiger partial charge >= 0.3 is 6.18 Å². The van der Waals surface area contributed by atoms with Crippen molar-refractivity contribution in [2.24, 2.45) is 0 Å². The first-order valence-electron chi connectivity index (χ1n) is 5.11. The van der Waals surface area contributed by atoms with Crippen LogP contribution < -0.4 is 0 Å². The SMILES string of the molecule is CN(CCC(F)(F)F)Cc1cc(F)c(O)c(F)c1. The summed E-state index contributed by atoms with van der Waals surface area (Å²) in [4.78, 5) is 1.29. The van der Waals surface area contributed by atoms with Gasteiger partial charge in [-0.15, -0.1) is 0 Å². The maximum atomic E-state index is 13.0. The number of rotatable bonds is 4. The van der Waals surface area contributed by atoms with Crippen LogP contribution in [0.1, 0.15) is 12.0 Å². The van der Waals surface area contributed by atoms with Crippen LogP contribution in [0.4, 0.5) is 22.0 Å². The lowest BCUT2D eigenvalue weighted by Crippen LogP contribution is -2.24. The highest BCUT2D eigenvalue weighted by Crippen LogP contribution is 2.23. The Hall–Kier alpha value is -1.37. The minimum Gasteiger partial charge on any atom is -0.503 e. The van der Waals surface area contributed by atoms with E-state index in [4.69, 9.17) is 5.11 Å². The van der Waals surface area contributed by atoms with Crippen molar-refractivity contribution >= 4 is 0 Å². The van der Waals surface area contributed by atoms with E-state index in [1.165, 1.54) is 11.9 Å². The van der Waals surface area contributed by atoms with Gasteiger partial charge in [0.25, 0.3) is 0 Å². The molecule has 18 heavy (non-hydrogen) atoms. The fourth-order valence-electron chi connectivity index (χ4n) is 1.42. The van der Waals surface area contributed by atoms with Crippen molar-refractivity contribution in [2.75, 3.05) is 13.6 Å². The van der Waals surface area contributed by atoms with Crippen LogP contribution in [0.3, 0.4) is 0 Å². The number of hydrogen-bond donors (Lipinski definition) is 1. The summed E-state index contributed by atoms with van der Waals surface area (Å²) in [5.41, 5.74) is 0.160. The highest BCUT2D eigenvalue weighted by atomic mass is 19.4. The number of alkyl halides is 3. The monoisotopic (exact) mass is 269 g/mol. The van der Waals surface area contributed by atoms with Crippen LogP contribution >= 0.6 is 0 Å². The lowest BCUT2D eigenvalue weighted by molar-refractivity contribution is -0.137. The molecule has 1 N–H and O–H groups in total. The normalized spacial score (nSPS) is 12.2. The molecule has 0 radical (unpaired) electrons. The van der Waals surface area contributed by atoms with E-state index in [0.717, 1.165) is 12.1 Å². The van der Waals surface area contributed by atoms with Gasteiger partial charge in [-0.2, -0.15) is 13.2 Å². The molecule has 102 valence electrons. The number of phenols is 1. The van der Waals surface area contributed by atoms with E-state index in [1.54, 1.807) is 0 Å². The number of phenolic OH excluding ortho intramolecular Hbond substituents is 1. The van der Waals surface area contributed by atoms with E-state index < -0.39 is 30.0 Å². The lowest BCUT2D eigenvalue weighted by atomic mass is 10.2. The molecule has 2 nitrogen and oxygen atoms in total. The Balaban J connectivity index is 2.62. The molecule has 0 aromatic heterocycles. The van der Waals surface area contributed by atoms with E-state index in [0.29, 0.717) is 0 Å². The topological polar surface area (TPSA) is 23.5 Å². The molecule has 0 spiro atoms. The van der Waals surface area contributed by atoms with Gasteiger partial charge in [-0.1, -0.05) is 0 Å². The molecular formula is C11H12F5NO. The number of aromatic hydroxyl groups is 1. The second-order valence-corrected chi connectivity index (χ2v) is 4.01. The fourth-order valence-corrected chi connectivity index (χ4v) is 1.42. The standard InChI is InChI=1S/C11H12F5NO/c1-17(3-2-11(14,15)16)6-7-4-8(12)10(18)9(13)5-7/h4-5,18H,2-3,6H2,1H3. The van der Waals surface area contributed by atoms with Crippen LogP contribution in [-0.2, 0) is 6.54 Å². The zero-order valence-electron chi connectivity index (χ0n) is 9.56. The molecule has 0 unspecified atom stereocenters. The van der Waals surface area contributed by atoms with Crippen LogP contribution in [-0.4, -0.2) is 29.8 Å².